The minimum absolute atomic E-state index is 0.00332. The predicted octanol–water partition coefficient (Wildman–Crippen LogP) is 3.95. The summed E-state index contributed by atoms with van der Waals surface area (Å²) in [6, 6.07) is 17.0. The first-order valence-electron chi connectivity index (χ1n) is 11.6. The van der Waals surface area contributed by atoms with Crippen LogP contribution in [0.4, 0.5) is 5.69 Å². The van der Waals surface area contributed by atoms with E-state index < -0.39 is 18.0 Å². The number of aryl methyl sites for hydroxylation is 2. The average molecular weight is 489 g/mol. The van der Waals surface area contributed by atoms with E-state index >= 15 is 0 Å². The van der Waals surface area contributed by atoms with Crippen molar-refractivity contribution in [2.24, 2.45) is 7.05 Å². The minimum atomic E-state index is -1.09. The Morgan fingerprint density at radius 3 is 2.47 bits per heavy atom. The van der Waals surface area contributed by atoms with Crippen LogP contribution in [0.2, 0.25) is 0 Å². The molecule has 2 aromatic heterocycles. The Balaban J connectivity index is 1.34. The number of aromatic nitrogens is 3. The maximum Gasteiger partial charge on any atom is 0.307 e. The van der Waals surface area contributed by atoms with Crippen molar-refractivity contribution in [3.8, 4) is 17.0 Å². The lowest BCUT2D eigenvalue weighted by molar-refractivity contribution is -0.153. The number of esters is 1. The molecule has 0 radical (unpaired) electrons. The number of ether oxygens (including phenoxy) is 1. The smallest absolute Gasteiger partial charge is 0.307 e. The lowest BCUT2D eigenvalue weighted by Crippen LogP contribution is -2.32. The van der Waals surface area contributed by atoms with Gasteiger partial charge in [0.2, 0.25) is 0 Å². The summed E-state index contributed by atoms with van der Waals surface area (Å²) in [4.78, 5) is 42.2. The van der Waals surface area contributed by atoms with Crippen LogP contribution in [0, 0.1) is 13.8 Å². The molecule has 186 valence electrons. The second-order valence-corrected chi connectivity index (χ2v) is 8.54. The quantitative estimate of drug-likeness (QED) is 0.376. The number of rotatable bonds is 8. The number of hydrogen-bond donors (Lipinski definition) is 1. The minimum Gasteiger partial charge on any atom is -0.453 e. The summed E-state index contributed by atoms with van der Waals surface area (Å²) >= 11 is 0. The number of para-hydroxylation sites is 1. The van der Waals surface area contributed by atoms with Crippen molar-refractivity contribution in [1.29, 1.82) is 0 Å². The zero-order valence-corrected chi connectivity index (χ0v) is 20.6. The number of nitrogens with one attached hydrogen (secondary N) is 1. The van der Waals surface area contributed by atoms with E-state index in [1.807, 2.05) is 49.4 Å². The molecule has 0 aliphatic heterocycles. The highest BCUT2D eigenvalue weighted by Crippen LogP contribution is 2.21. The Kier molecular flexibility index (Phi) is 7.19. The number of benzene rings is 2. The molecule has 4 aromatic rings. The van der Waals surface area contributed by atoms with E-state index in [1.165, 1.54) is 11.6 Å². The predicted molar refractivity (Wildman–Crippen MR) is 135 cm³/mol. The molecule has 1 amide bonds. The molecule has 1 N–H and O–H groups in total. The third kappa shape index (κ3) is 5.30. The molecule has 0 aliphatic carbocycles. The number of amides is 1. The lowest BCUT2D eigenvalue weighted by atomic mass is 10.1. The van der Waals surface area contributed by atoms with Crippen LogP contribution in [0.3, 0.4) is 0 Å². The average Bonchev–Trinajstić information content (AvgIpc) is 3.42. The second-order valence-electron chi connectivity index (χ2n) is 8.54. The Bertz CT molecular complexity index is 1430. The van der Waals surface area contributed by atoms with Gasteiger partial charge in [-0.2, -0.15) is 0 Å². The molecular weight excluding hydrogens is 460 g/mol. The second kappa shape index (κ2) is 10.5. The number of carbonyl (C=O) groups is 2. The van der Waals surface area contributed by atoms with Crippen LogP contribution in [-0.4, -0.2) is 32.3 Å². The molecule has 0 fully saturated rings. The molecule has 0 spiro atoms. The van der Waals surface area contributed by atoms with Crippen molar-refractivity contribution in [1.82, 2.24) is 14.3 Å². The third-order valence-corrected chi connectivity index (χ3v) is 5.91. The fourth-order valence-corrected chi connectivity index (χ4v) is 3.73. The highest BCUT2D eigenvalue weighted by Gasteiger charge is 2.23. The fourth-order valence-electron chi connectivity index (χ4n) is 3.73. The van der Waals surface area contributed by atoms with Gasteiger partial charge in [-0.25, -0.2) is 9.67 Å². The number of carbonyl (C=O) groups excluding carboxylic acids is 2. The molecule has 2 heterocycles. The topological polar surface area (TPSA) is 108 Å². The molecular formula is C27H28N4O5. The molecule has 0 aliphatic rings. The van der Waals surface area contributed by atoms with Crippen molar-refractivity contribution in [2.75, 3.05) is 5.32 Å². The van der Waals surface area contributed by atoms with Crippen molar-refractivity contribution in [3.63, 3.8) is 0 Å². The summed E-state index contributed by atoms with van der Waals surface area (Å²) in [5.74, 6) is -0.141. The molecule has 1 unspecified atom stereocenters. The highest BCUT2D eigenvalue weighted by molar-refractivity contribution is 5.95. The van der Waals surface area contributed by atoms with Crippen LogP contribution in [0.25, 0.3) is 17.0 Å². The summed E-state index contributed by atoms with van der Waals surface area (Å²) in [7, 11) is 1.73. The van der Waals surface area contributed by atoms with Gasteiger partial charge in [-0.05, 0) is 32.9 Å². The van der Waals surface area contributed by atoms with Crippen molar-refractivity contribution in [3.05, 3.63) is 88.3 Å². The summed E-state index contributed by atoms with van der Waals surface area (Å²) in [5, 5.41) is 2.61. The molecule has 1 atom stereocenters. The molecule has 0 bridgehead atoms. The van der Waals surface area contributed by atoms with Gasteiger partial charge >= 0.3 is 5.97 Å². The van der Waals surface area contributed by atoms with Gasteiger partial charge < -0.3 is 14.5 Å². The van der Waals surface area contributed by atoms with Crippen molar-refractivity contribution >= 4 is 17.6 Å². The van der Waals surface area contributed by atoms with E-state index in [1.54, 1.807) is 37.0 Å². The highest BCUT2D eigenvalue weighted by atomic mass is 16.5. The number of oxazole rings is 1. The van der Waals surface area contributed by atoms with Gasteiger partial charge in [0.15, 0.2) is 17.8 Å². The van der Waals surface area contributed by atoms with Gasteiger partial charge in [0.25, 0.3) is 11.5 Å². The zero-order valence-electron chi connectivity index (χ0n) is 20.6. The van der Waals surface area contributed by atoms with E-state index in [-0.39, 0.29) is 24.1 Å². The Morgan fingerprint density at radius 1 is 1.08 bits per heavy atom. The van der Waals surface area contributed by atoms with Gasteiger partial charge in [0.05, 0.1) is 24.0 Å². The van der Waals surface area contributed by atoms with Crippen molar-refractivity contribution < 1.29 is 18.7 Å². The van der Waals surface area contributed by atoms with Gasteiger partial charge in [0, 0.05) is 19.0 Å². The summed E-state index contributed by atoms with van der Waals surface area (Å²) < 4.78 is 14.1. The summed E-state index contributed by atoms with van der Waals surface area (Å²) in [5.41, 5.74) is 3.05. The normalized spacial score (nSPS) is 11.8. The number of nitrogens with zero attached hydrogens (tertiary/aromatic N) is 3. The molecule has 9 nitrogen and oxygen atoms in total. The molecule has 0 saturated heterocycles. The molecule has 0 saturated carbocycles. The first-order chi connectivity index (χ1) is 17.2. The van der Waals surface area contributed by atoms with Crippen LogP contribution in [-0.2, 0) is 27.8 Å². The monoisotopic (exact) mass is 488 g/mol. The Morgan fingerprint density at radius 2 is 1.78 bits per heavy atom. The van der Waals surface area contributed by atoms with Crippen LogP contribution in [0.15, 0.2) is 70.0 Å². The van der Waals surface area contributed by atoms with Crippen molar-refractivity contribution in [2.45, 2.75) is 39.7 Å². The largest absolute Gasteiger partial charge is 0.453 e. The zero-order chi connectivity index (χ0) is 25.8. The maximum atomic E-state index is 13.0. The van der Waals surface area contributed by atoms with Crippen LogP contribution in [0.1, 0.15) is 30.5 Å². The summed E-state index contributed by atoms with van der Waals surface area (Å²) in [6.45, 7) is 5.19. The molecule has 4 rings (SSSR count). The van der Waals surface area contributed by atoms with Gasteiger partial charge in [-0.15, -0.1) is 0 Å². The van der Waals surface area contributed by atoms with E-state index in [2.05, 4.69) is 10.3 Å². The number of anilines is 1. The van der Waals surface area contributed by atoms with Crippen LogP contribution >= 0.6 is 0 Å². The van der Waals surface area contributed by atoms with E-state index in [9.17, 15) is 14.4 Å². The van der Waals surface area contributed by atoms with E-state index in [0.717, 1.165) is 11.1 Å². The van der Waals surface area contributed by atoms with Gasteiger partial charge in [-0.1, -0.05) is 48.0 Å². The van der Waals surface area contributed by atoms with Crippen LogP contribution < -0.4 is 10.9 Å². The van der Waals surface area contributed by atoms with Gasteiger partial charge in [0.1, 0.15) is 5.69 Å². The lowest BCUT2D eigenvalue weighted by Gasteiger charge is -2.12. The van der Waals surface area contributed by atoms with Gasteiger partial charge in [-0.3, -0.25) is 19.1 Å². The molecule has 9 heteroatoms. The van der Waals surface area contributed by atoms with E-state index in [4.69, 9.17) is 9.15 Å². The molecule has 2 aromatic carbocycles. The maximum absolute atomic E-state index is 13.0. The third-order valence-electron chi connectivity index (χ3n) is 5.91. The molecule has 36 heavy (non-hydrogen) atoms. The van der Waals surface area contributed by atoms with E-state index in [0.29, 0.717) is 23.0 Å². The first kappa shape index (κ1) is 24.7. The fraction of sp³-hybridized carbons (Fsp3) is 0.259. The number of hydrogen-bond acceptors (Lipinski definition) is 6. The Hall–Kier alpha value is -4.40. The van der Waals surface area contributed by atoms with Crippen LogP contribution in [0.5, 0.6) is 0 Å². The summed E-state index contributed by atoms with van der Waals surface area (Å²) in [6.07, 6.45) is 0.760. The Labute approximate surface area is 208 Å². The standard InChI is InChI=1S/C27H28N4O5/c1-17-10-12-20(13-11-17)22-16-28-23(36-22)14-15-24(32)35-19(3)26(33)29-25-18(2)30(4)31(27(25)34)21-8-6-5-7-9-21/h5-13,16,19H,14-15H2,1-4H3,(H,29,33). The first-order valence-corrected chi connectivity index (χ1v) is 11.6. The SMILES string of the molecule is Cc1ccc(-c2cnc(CCC(=O)OC(C)C(=O)Nc3c(C)n(C)n(-c4ccccc4)c3=O)o2)cc1.